The van der Waals surface area contributed by atoms with Gasteiger partial charge in [0.2, 0.25) is 0 Å². The monoisotopic (exact) mass is 370 g/mol. The molecule has 1 saturated heterocycles. The molecule has 2 aromatic carbocycles. The number of amides is 2. The van der Waals surface area contributed by atoms with E-state index in [1.54, 1.807) is 31.4 Å². The summed E-state index contributed by atoms with van der Waals surface area (Å²) in [5, 5.41) is 9.93. The lowest BCUT2D eigenvalue weighted by Crippen LogP contribution is -2.39. The van der Waals surface area contributed by atoms with E-state index < -0.39 is 18.0 Å². The highest BCUT2D eigenvalue weighted by molar-refractivity contribution is 6.36. The van der Waals surface area contributed by atoms with Crippen molar-refractivity contribution in [3.63, 3.8) is 0 Å². The summed E-state index contributed by atoms with van der Waals surface area (Å²) in [6.45, 7) is 0.344. The smallest absolute Gasteiger partial charge is 0.263 e. The van der Waals surface area contributed by atoms with E-state index in [0.717, 1.165) is 10.5 Å². The first-order valence-corrected chi connectivity index (χ1v) is 8.40. The van der Waals surface area contributed by atoms with E-state index in [-0.39, 0.29) is 5.91 Å². The molecule has 2 atom stereocenters. The Kier molecular flexibility index (Phi) is 4.08. The average molecular weight is 371 g/mol. The minimum atomic E-state index is -0.843. The molecule has 2 amide bonds. The van der Waals surface area contributed by atoms with Crippen molar-refractivity contribution in [3.05, 3.63) is 59.1 Å². The van der Waals surface area contributed by atoms with Gasteiger partial charge in [0, 0.05) is 0 Å². The van der Waals surface area contributed by atoms with Gasteiger partial charge >= 0.3 is 0 Å². The number of benzene rings is 2. The van der Waals surface area contributed by atoms with E-state index in [9.17, 15) is 9.59 Å². The Bertz CT molecular complexity index is 917. The zero-order chi connectivity index (χ0) is 18.3. The van der Waals surface area contributed by atoms with Crippen molar-refractivity contribution in [1.29, 1.82) is 0 Å². The topological polar surface area (TPSA) is 74.6 Å². The molecule has 7 nitrogen and oxygen atoms in total. The predicted octanol–water partition coefficient (Wildman–Crippen LogP) is 2.84. The first-order valence-electron chi connectivity index (χ1n) is 8.03. The molecule has 132 valence electrons. The molecule has 1 fully saturated rings. The van der Waals surface area contributed by atoms with Gasteiger partial charge in [-0.1, -0.05) is 41.1 Å². The molecule has 2 aliphatic rings. The Morgan fingerprint density at radius 1 is 1.12 bits per heavy atom. The average Bonchev–Trinajstić information content (AvgIpc) is 3.16. The molecule has 26 heavy (non-hydrogen) atoms. The summed E-state index contributed by atoms with van der Waals surface area (Å²) in [4.78, 5) is 26.7. The van der Waals surface area contributed by atoms with Gasteiger partial charge in [-0.25, -0.2) is 4.90 Å². The van der Waals surface area contributed by atoms with E-state index >= 15 is 0 Å². The van der Waals surface area contributed by atoms with Gasteiger partial charge in [-0.3, -0.25) is 14.6 Å². The summed E-state index contributed by atoms with van der Waals surface area (Å²) in [5.74, 6) is -0.0762. The lowest BCUT2D eigenvalue weighted by molar-refractivity contribution is -0.123. The van der Waals surface area contributed by atoms with Crippen LogP contribution in [0.4, 0.5) is 5.69 Å². The molecule has 0 bridgehead atoms. The van der Waals surface area contributed by atoms with Gasteiger partial charge in [0.15, 0.2) is 12.1 Å². The Morgan fingerprint density at radius 2 is 1.92 bits per heavy atom. The number of carbonyl (C=O) groups is 2. The second-order valence-corrected chi connectivity index (χ2v) is 6.41. The van der Waals surface area contributed by atoms with Crippen molar-refractivity contribution in [2.45, 2.75) is 18.6 Å². The van der Waals surface area contributed by atoms with Crippen LogP contribution >= 0.6 is 11.6 Å². The van der Waals surface area contributed by atoms with E-state index in [0.29, 0.717) is 23.0 Å². The van der Waals surface area contributed by atoms with Crippen molar-refractivity contribution in [3.8, 4) is 5.75 Å². The van der Waals surface area contributed by atoms with Crippen LogP contribution in [0.1, 0.15) is 5.56 Å². The molecule has 0 spiro atoms. The highest BCUT2D eigenvalue weighted by Gasteiger charge is 2.55. The number of para-hydroxylation sites is 1. The molecule has 0 saturated carbocycles. The van der Waals surface area contributed by atoms with Crippen LogP contribution in [0.25, 0.3) is 0 Å². The molecule has 2 aromatic rings. The number of halogens is 1. The first-order chi connectivity index (χ1) is 12.6. The second-order valence-electron chi connectivity index (χ2n) is 6.01. The third kappa shape index (κ3) is 2.61. The molecule has 2 heterocycles. The number of imide groups is 1. The second kappa shape index (κ2) is 6.42. The summed E-state index contributed by atoms with van der Waals surface area (Å²) in [7, 11) is 1.59. The van der Waals surface area contributed by atoms with E-state index in [2.05, 4.69) is 10.3 Å². The Hall–Kier alpha value is -2.93. The van der Waals surface area contributed by atoms with Gasteiger partial charge < -0.3 is 4.74 Å². The Labute approximate surface area is 154 Å². The maximum atomic E-state index is 12.9. The third-order valence-corrected chi connectivity index (χ3v) is 4.75. The quantitative estimate of drug-likeness (QED) is 0.775. The zero-order valence-corrected chi connectivity index (χ0v) is 14.6. The molecule has 8 heteroatoms. The van der Waals surface area contributed by atoms with Crippen LogP contribution in [0.15, 0.2) is 58.9 Å². The van der Waals surface area contributed by atoms with Crippen molar-refractivity contribution < 1.29 is 14.3 Å². The lowest BCUT2D eigenvalue weighted by Gasteiger charge is -2.21. The van der Waals surface area contributed by atoms with Gasteiger partial charge in [-0.15, -0.1) is 0 Å². The SMILES string of the molecule is COc1cccc(CN2N=N[C@@H]3C(=O)N(c4ccccc4Cl)C(=O)[C@H]32)c1. The molecule has 0 unspecified atom stereocenters. The number of methoxy groups -OCH3 is 1. The highest BCUT2D eigenvalue weighted by atomic mass is 35.5. The number of ether oxygens (including phenoxy) is 1. The molecular formula is C18H15ClN4O3. The van der Waals surface area contributed by atoms with Crippen LogP contribution in [-0.2, 0) is 16.1 Å². The summed E-state index contributed by atoms with van der Waals surface area (Å²) >= 11 is 6.16. The third-order valence-electron chi connectivity index (χ3n) is 4.43. The van der Waals surface area contributed by atoms with E-state index in [1.807, 2.05) is 24.3 Å². The van der Waals surface area contributed by atoms with Crippen molar-refractivity contribution in [1.82, 2.24) is 5.01 Å². The fourth-order valence-corrected chi connectivity index (χ4v) is 3.40. The fourth-order valence-electron chi connectivity index (χ4n) is 3.18. The first kappa shape index (κ1) is 16.5. The van der Waals surface area contributed by atoms with Gasteiger partial charge in [0.1, 0.15) is 5.75 Å². The minimum Gasteiger partial charge on any atom is -0.497 e. The van der Waals surface area contributed by atoms with Crippen molar-refractivity contribution in [2.75, 3.05) is 12.0 Å². The molecule has 2 aliphatic heterocycles. The summed E-state index contributed by atoms with van der Waals surface area (Å²) < 4.78 is 5.22. The molecule has 0 aromatic heterocycles. The van der Waals surface area contributed by atoms with Crippen LogP contribution in [0.2, 0.25) is 5.02 Å². The molecule has 0 N–H and O–H groups in total. The Balaban J connectivity index is 1.61. The van der Waals surface area contributed by atoms with Crippen molar-refractivity contribution in [2.24, 2.45) is 10.3 Å². The summed E-state index contributed by atoms with van der Waals surface area (Å²) in [5.41, 5.74) is 1.27. The van der Waals surface area contributed by atoms with Gasteiger partial charge in [-0.2, -0.15) is 5.11 Å². The fraction of sp³-hybridized carbons (Fsp3) is 0.222. The van der Waals surface area contributed by atoms with Crippen LogP contribution in [0.5, 0.6) is 5.75 Å². The summed E-state index contributed by atoms with van der Waals surface area (Å²) in [6.07, 6.45) is 0. The predicted molar refractivity (Wildman–Crippen MR) is 94.9 cm³/mol. The van der Waals surface area contributed by atoms with Crippen LogP contribution < -0.4 is 9.64 Å². The molecule has 0 aliphatic carbocycles. The lowest BCUT2D eigenvalue weighted by atomic mass is 10.1. The molecule has 4 rings (SSSR count). The number of nitrogens with zero attached hydrogens (tertiary/aromatic N) is 4. The largest absolute Gasteiger partial charge is 0.497 e. The van der Waals surface area contributed by atoms with Crippen LogP contribution in [0, 0.1) is 0 Å². The minimum absolute atomic E-state index is 0.338. The zero-order valence-electron chi connectivity index (χ0n) is 13.9. The number of hydrogen-bond donors (Lipinski definition) is 0. The van der Waals surface area contributed by atoms with E-state index in [1.165, 1.54) is 5.01 Å². The number of fused-ring (bicyclic) bond motifs is 1. The van der Waals surface area contributed by atoms with Gasteiger partial charge in [0.25, 0.3) is 11.8 Å². The number of rotatable bonds is 4. The standard InChI is InChI=1S/C18H15ClN4O3/c1-26-12-6-4-5-11(9-12)10-22-16-15(20-21-22)17(24)23(18(16)25)14-8-3-2-7-13(14)19/h2-9,15-16H,10H2,1H3/t15-,16-/m0/s1. The maximum Gasteiger partial charge on any atom is 0.263 e. The van der Waals surface area contributed by atoms with E-state index in [4.69, 9.17) is 16.3 Å². The van der Waals surface area contributed by atoms with Crippen molar-refractivity contribution >= 4 is 29.1 Å². The van der Waals surface area contributed by atoms with Crippen LogP contribution in [0.3, 0.4) is 0 Å². The number of hydrogen-bond acceptors (Lipinski definition) is 6. The van der Waals surface area contributed by atoms with Gasteiger partial charge in [0.05, 0.1) is 24.4 Å². The maximum absolute atomic E-state index is 12.9. The normalized spacial score (nSPS) is 21.5. The highest BCUT2D eigenvalue weighted by Crippen LogP contribution is 2.35. The number of anilines is 1. The van der Waals surface area contributed by atoms with Crippen LogP contribution in [-0.4, -0.2) is 36.0 Å². The Morgan fingerprint density at radius 3 is 2.69 bits per heavy atom. The molecular weight excluding hydrogens is 356 g/mol. The summed E-state index contributed by atoms with van der Waals surface area (Å²) in [6, 6.07) is 12.6. The number of carbonyl (C=O) groups excluding carboxylic acids is 2. The molecule has 0 radical (unpaired) electrons. The van der Waals surface area contributed by atoms with Gasteiger partial charge in [-0.05, 0) is 29.8 Å².